The predicted molar refractivity (Wildman–Crippen MR) is 74.8 cm³/mol. The van der Waals surface area contributed by atoms with Crippen LogP contribution in [0.4, 0.5) is 0 Å². The Balaban J connectivity index is 2.52. The van der Waals surface area contributed by atoms with E-state index in [1.54, 1.807) is 0 Å². The number of nitrogens with one attached hydrogen (secondary N) is 1. The van der Waals surface area contributed by atoms with Crippen molar-refractivity contribution < 1.29 is 14.6 Å². The van der Waals surface area contributed by atoms with Crippen molar-refractivity contribution in [2.75, 3.05) is 25.5 Å². The largest absolute Gasteiger partial charge is 0.465 e. The predicted octanol–water partition coefficient (Wildman–Crippen LogP) is 1.57. The standard InChI is InChI=1S/C13H25NO3S/c1-3-14-13(12(16)17-4-2)7-6-11(10-13)18-9-5-8-15/h11,14-15H,3-10H2,1-2H3. The van der Waals surface area contributed by atoms with Crippen LogP contribution in [0.5, 0.6) is 0 Å². The number of esters is 1. The van der Waals surface area contributed by atoms with Gasteiger partial charge in [-0.05, 0) is 44.9 Å². The first-order valence-electron chi connectivity index (χ1n) is 6.83. The molecule has 1 aliphatic rings. The van der Waals surface area contributed by atoms with Crippen LogP contribution < -0.4 is 5.32 Å². The second-order valence-electron chi connectivity index (χ2n) is 4.65. The van der Waals surface area contributed by atoms with E-state index >= 15 is 0 Å². The molecule has 1 saturated carbocycles. The van der Waals surface area contributed by atoms with Crippen molar-refractivity contribution in [1.29, 1.82) is 0 Å². The molecule has 5 heteroatoms. The van der Waals surface area contributed by atoms with E-state index in [1.165, 1.54) is 0 Å². The van der Waals surface area contributed by atoms with E-state index in [0.717, 1.165) is 38.0 Å². The second kappa shape index (κ2) is 8.02. The Bertz CT molecular complexity index is 263. The smallest absolute Gasteiger partial charge is 0.326 e. The Morgan fingerprint density at radius 2 is 2.33 bits per heavy atom. The topological polar surface area (TPSA) is 58.6 Å². The van der Waals surface area contributed by atoms with Crippen molar-refractivity contribution in [3.8, 4) is 0 Å². The lowest BCUT2D eigenvalue weighted by Gasteiger charge is -2.27. The maximum atomic E-state index is 12.1. The normalized spacial score (nSPS) is 27.4. The van der Waals surface area contributed by atoms with Crippen LogP contribution in [-0.4, -0.2) is 47.4 Å². The minimum atomic E-state index is -0.471. The van der Waals surface area contributed by atoms with Crippen LogP contribution >= 0.6 is 11.8 Å². The number of hydrogen-bond donors (Lipinski definition) is 2. The van der Waals surface area contributed by atoms with Gasteiger partial charge in [0.25, 0.3) is 0 Å². The Morgan fingerprint density at radius 1 is 1.56 bits per heavy atom. The lowest BCUT2D eigenvalue weighted by atomic mass is 9.98. The minimum Gasteiger partial charge on any atom is -0.465 e. The van der Waals surface area contributed by atoms with Crippen molar-refractivity contribution in [3.05, 3.63) is 0 Å². The van der Waals surface area contributed by atoms with Gasteiger partial charge in [0.05, 0.1) is 6.61 Å². The molecule has 0 spiro atoms. The molecule has 0 bridgehead atoms. The average Bonchev–Trinajstić information content (AvgIpc) is 2.75. The van der Waals surface area contributed by atoms with E-state index < -0.39 is 5.54 Å². The summed E-state index contributed by atoms with van der Waals surface area (Å²) in [6.45, 7) is 5.34. The van der Waals surface area contributed by atoms with Crippen molar-refractivity contribution >= 4 is 17.7 Å². The molecule has 1 fully saturated rings. The summed E-state index contributed by atoms with van der Waals surface area (Å²) in [6, 6.07) is 0. The van der Waals surface area contributed by atoms with E-state index in [4.69, 9.17) is 9.84 Å². The molecule has 0 amide bonds. The zero-order valence-electron chi connectivity index (χ0n) is 11.4. The molecule has 2 N–H and O–H groups in total. The van der Waals surface area contributed by atoms with Crippen molar-refractivity contribution in [3.63, 3.8) is 0 Å². The summed E-state index contributed by atoms with van der Waals surface area (Å²) in [7, 11) is 0. The Labute approximate surface area is 114 Å². The van der Waals surface area contributed by atoms with Gasteiger partial charge >= 0.3 is 5.97 Å². The molecule has 1 aliphatic carbocycles. The molecule has 2 atom stereocenters. The number of rotatable bonds is 8. The average molecular weight is 275 g/mol. The monoisotopic (exact) mass is 275 g/mol. The fourth-order valence-electron chi connectivity index (χ4n) is 2.48. The quantitative estimate of drug-likeness (QED) is 0.520. The van der Waals surface area contributed by atoms with Crippen LogP contribution in [-0.2, 0) is 9.53 Å². The number of thioether (sulfide) groups is 1. The van der Waals surface area contributed by atoms with Crippen molar-refractivity contribution in [2.24, 2.45) is 0 Å². The number of hydrogen-bond acceptors (Lipinski definition) is 5. The lowest BCUT2D eigenvalue weighted by Crippen LogP contribution is -2.51. The van der Waals surface area contributed by atoms with E-state index in [2.05, 4.69) is 5.32 Å². The van der Waals surface area contributed by atoms with Gasteiger partial charge in [-0.15, -0.1) is 0 Å². The molecule has 2 unspecified atom stereocenters. The fourth-order valence-corrected chi connectivity index (χ4v) is 3.80. The number of aliphatic hydroxyl groups excluding tert-OH is 1. The first kappa shape index (κ1) is 15.8. The summed E-state index contributed by atoms with van der Waals surface area (Å²) in [5.74, 6) is 0.865. The zero-order chi connectivity index (χ0) is 13.4. The van der Waals surface area contributed by atoms with Gasteiger partial charge in [0, 0.05) is 11.9 Å². The van der Waals surface area contributed by atoms with E-state index in [9.17, 15) is 4.79 Å². The van der Waals surface area contributed by atoms with Gasteiger partial charge in [-0.25, -0.2) is 0 Å². The zero-order valence-corrected chi connectivity index (χ0v) is 12.2. The summed E-state index contributed by atoms with van der Waals surface area (Å²) in [5.41, 5.74) is -0.471. The van der Waals surface area contributed by atoms with Crippen LogP contribution in [0.15, 0.2) is 0 Å². The Kier molecular flexibility index (Phi) is 7.04. The highest BCUT2D eigenvalue weighted by Gasteiger charge is 2.45. The third kappa shape index (κ3) is 4.14. The molecule has 0 aromatic rings. The SMILES string of the molecule is CCNC1(C(=O)OCC)CCC(SCCCO)C1. The molecule has 0 aromatic carbocycles. The Morgan fingerprint density at radius 3 is 2.94 bits per heavy atom. The molecule has 0 radical (unpaired) electrons. The second-order valence-corrected chi connectivity index (χ2v) is 6.05. The summed E-state index contributed by atoms with van der Waals surface area (Å²) in [6.07, 6.45) is 3.57. The van der Waals surface area contributed by atoms with Crippen molar-refractivity contribution in [2.45, 2.75) is 50.3 Å². The van der Waals surface area contributed by atoms with E-state index in [-0.39, 0.29) is 12.6 Å². The lowest BCUT2D eigenvalue weighted by molar-refractivity contribution is -0.151. The number of ether oxygens (including phenoxy) is 1. The van der Waals surface area contributed by atoms with Crippen LogP contribution in [0, 0.1) is 0 Å². The number of carbonyl (C=O) groups excluding carboxylic acids is 1. The molecule has 18 heavy (non-hydrogen) atoms. The van der Waals surface area contributed by atoms with Crippen LogP contribution in [0.1, 0.15) is 39.5 Å². The third-order valence-corrected chi connectivity index (χ3v) is 4.70. The fraction of sp³-hybridized carbons (Fsp3) is 0.923. The Hall–Kier alpha value is -0.260. The highest BCUT2D eigenvalue weighted by atomic mass is 32.2. The summed E-state index contributed by atoms with van der Waals surface area (Å²) in [4.78, 5) is 12.1. The highest BCUT2D eigenvalue weighted by molar-refractivity contribution is 7.99. The van der Waals surface area contributed by atoms with Crippen molar-refractivity contribution in [1.82, 2.24) is 5.32 Å². The third-order valence-electron chi connectivity index (χ3n) is 3.31. The molecular formula is C13H25NO3S. The van der Waals surface area contributed by atoms with Crippen LogP contribution in [0.25, 0.3) is 0 Å². The molecule has 4 nitrogen and oxygen atoms in total. The summed E-state index contributed by atoms with van der Waals surface area (Å²) < 4.78 is 5.20. The van der Waals surface area contributed by atoms with Crippen LogP contribution in [0.2, 0.25) is 0 Å². The highest BCUT2D eigenvalue weighted by Crippen LogP contribution is 2.38. The van der Waals surface area contributed by atoms with Gasteiger partial charge in [0.2, 0.25) is 0 Å². The first-order valence-corrected chi connectivity index (χ1v) is 7.88. The van der Waals surface area contributed by atoms with E-state index in [0.29, 0.717) is 11.9 Å². The maximum Gasteiger partial charge on any atom is 0.326 e. The summed E-state index contributed by atoms with van der Waals surface area (Å²) >= 11 is 1.86. The number of likely N-dealkylation sites (N-methyl/N-ethyl adjacent to an activating group) is 1. The van der Waals surface area contributed by atoms with Gasteiger partial charge in [0.15, 0.2) is 0 Å². The van der Waals surface area contributed by atoms with Gasteiger partial charge in [-0.1, -0.05) is 6.92 Å². The summed E-state index contributed by atoms with van der Waals surface area (Å²) in [5, 5.41) is 12.6. The van der Waals surface area contributed by atoms with Gasteiger partial charge in [-0.2, -0.15) is 11.8 Å². The maximum absolute atomic E-state index is 12.1. The first-order chi connectivity index (χ1) is 8.68. The number of aliphatic hydroxyl groups is 1. The molecular weight excluding hydrogens is 250 g/mol. The molecule has 0 aliphatic heterocycles. The number of carbonyl (C=O) groups is 1. The molecule has 0 saturated heterocycles. The molecule has 106 valence electrons. The van der Waals surface area contributed by atoms with E-state index in [1.807, 2.05) is 25.6 Å². The van der Waals surface area contributed by atoms with Gasteiger partial charge in [0.1, 0.15) is 5.54 Å². The minimum absolute atomic E-state index is 0.0999. The van der Waals surface area contributed by atoms with Gasteiger partial charge < -0.3 is 15.2 Å². The van der Waals surface area contributed by atoms with Crippen LogP contribution in [0.3, 0.4) is 0 Å². The molecule has 0 aromatic heterocycles. The van der Waals surface area contributed by atoms with Gasteiger partial charge in [-0.3, -0.25) is 4.79 Å². The molecule has 1 rings (SSSR count). The molecule has 0 heterocycles.